The largest absolute Gasteiger partial charge is 0.479 e. The summed E-state index contributed by atoms with van der Waals surface area (Å²) in [5.74, 6) is -0.868. The molecular weight excluding hydrogens is 252 g/mol. The minimum absolute atomic E-state index is 0.0697. The Morgan fingerprint density at radius 3 is 2.89 bits per heavy atom. The number of carboxylic acids is 1. The number of rotatable bonds is 4. The van der Waals surface area contributed by atoms with E-state index in [-0.39, 0.29) is 11.5 Å². The molecule has 7 heteroatoms. The predicted octanol–water partition coefficient (Wildman–Crippen LogP) is 1.65. The van der Waals surface area contributed by atoms with Gasteiger partial charge < -0.3 is 10.4 Å². The molecule has 2 N–H and O–H groups in total. The molecule has 2 rings (SSSR count). The van der Waals surface area contributed by atoms with Gasteiger partial charge in [0.2, 0.25) is 0 Å². The highest BCUT2D eigenvalue weighted by molar-refractivity contribution is 7.10. The first-order valence-electron chi connectivity index (χ1n) is 4.96. The van der Waals surface area contributed by atoms with E-state index in [9.17, 15) is 9.90 Å². The molecule has 6 nitrogen and oxygen atoms in total. The van der Waals surface area contributed by atoms with E-state index in [1.54, 1.807) is 17.5 Å². The third kappa shape index (κ3) is 2.44. The third-order valence-electron chi connectivity index (χ3n) is 2.16. The molecule has 0 saturated heterocycles. The minimum Gasteiger partial charge on any atom is -0.479 e. The van der Waals surface area contributed by atoms with Crippen molar-refractivity contribution in [2.75, 3.05) is 5.32 Å². The van der Waals surface area contributed by atoms with Crippen LogP contribution in [0.15, 0.2) is 29.9 Å². The van der Waals surface area contributed by atoms with Crippen molar-refractivity contribution in [3.8, 4) is 6.07 Å². The summed E-state index contributed by atoms with van der Waals surface area (Å²) in [7, 11) is 0. The molecule has 0 aromatic carbocycles. The Kier molecular flexibility index (Phi) is 3.50. The quantitative estimate of drug-likeness (QED) is 0.867. The highest BCUT2D eigenvalue weighted by atomic mass is 32.1. The number of nitriles is 1. The average molecular weight is 260 g/mol. The molecule has 0 amide bonds. The maximum atomic E-state index is 11.2. The van der Waals surface area contributed by atoms with Gasteiger partial charge >= 0.3 is 5.97 Å². The van der Waals surface area contributed by atoms with Crippen molar-refractivity contribution in [2.24, 2.45) is 0 Å². The van der Waals surface area contributed by atoms with Crippen LogP contribution in [-0.2, 0) is 4.79 Å². The standard InChI is InChI=1S/C11H8N4O2S/c12-6-7-10(14-4-3-13-7)15-9(11(16)17)8-2-1-5-18-8/h1-5,9H,(H,14,15)(H,16,17). The zero-order valence-electron chi connectivity index (χ0n) is 9.07. The number of thiophene rings is 1. The lowest BCUT2D eigenvalue weighted by Gasteiger charge is -2.13. The van der Waals surface area contributed by atoms with Crippen LogP contribution in [-0.4, -0.2) is 21.0 Å². The Morgan fingerprint density at radius 1 is 1.50 bits per heavy atom. The first-order valence-corrected chi connectivity index (χ1v) is 5.84. The molecule has 2 aromatic heterocycles. The predicted molar refractivity (Wildman–Crippen MR) is 65.1 cm³/mol. The monoisotopic (exact) mass is 260 g/mol. The highest BCUT2D eigenvalue weighted by Gasteiger charge is 2.22. The van der Waals surface area contributed by atoms with Gasteiger partial charge in [-0.1, -0.05) is 6.07 Å². The van der Waals surface area contributed by atoms with E-state index < -0.39 is 12.0 Å². The Hall–Kier alpha value is -2.46. The Balaban J connectivity index is 2.31. The van der Waals surface area contributed by atoms with Gasteiger partial charge in [0.15, 0.2) is 17.6 Å². The smallest absolute Gasteiger partial charge is 0.331 e. The SMILES string of the molecule is N#Cc1nccnc1NC(C(=O)O)c1cccs1. The van der Waals surface area contributed by atoms with E-state index >= 15 is 0 Å². The number of hydrogen-bond donors (Lipinski definition) is 2. The maximum Gasteiger partial charge on any atom is 0.331 e. The van der Waals surface area contributed by atoms with Gasteiger partial charge in [0, 0.05) is 17.3 Å². The van der Waals surface area contributed by atoms with Gasteiger partial charge in [-0.05, 0) is 11.4 Å². The van der Waals surface area contributed by atoms with Crippen molar-refractivity contribution in [1.29, 1.82) is 5.26 Å². The molecule has 0 aliphatic rings. The fourth-order valence-corrected chi connectivity index (χ4v) is 2.14. The van der Waals surface area contributed by atoms with Gasteiger partial charge in [-0.2, -0.15) is 5.26 Å². The van der Waals surface area contributed by atoms with E-state index in [1.807, 2.05) is 6.07 Å². The summed E-state index contributed by atoms with van der Waals surface area (Å²) < 4.78 is 0. The molecule has 18 heavy (non-hydrogen) atoms. The zero-order valence-corrected chi connectivity index (χ0v) is 9.89. The van der Waals surface area contributed by atoms with Crippen LogP contribution in [0.2, 0.25) is 0 Å². The summed E-state index contributed by atoms with van der Waals surface area (Å²) in [4.78, 5) is 19.6. The molecule has 0 spiro atoms. The molecule has 0 fully saturated rings. The van der Waals surface area contributed by atoms with Crippen LogP contribution in [0.3, 0.4) is 0 Å². The molecule has 0 radical (unpaired) electrons. The van der Waals surface area contributed by atoms with Crippen LogP contribution >= 0.6 is 11.3 Å². The van der Waals surface area contributed by atoms with Gasteiger partial charge in [0.1, 0.15) is 6.07 Å². The molecule has 1 atom stereocenters. The van der Waals surface area contributed by atoms with E-state index in [2.05, 4.69) is 15.3 Å². The molecule has 1 unspecified atom stereocenters. The van der Waals surface area contributed by atoms with E-state index in [4.69, 9.17) is 5.26 Å². The zero-order chi connectivity index (χ0) is 13.0. The number of nitrogens with zero attached hydrogens (tertiary/aromatic N) is 3. The lowest BCUT2D eigenvalue weighted by atomic mass is 10.2. The van der Waals surface area contributed by atoms with Crippen LogP contribution in [0.4, 0.5) is 5.82 Å². The number of carbonyl (C=O) groups is 1. The van der Waals surface area contributed by atoms with Gasteiger partial charge in [0.25, 0.3) is 0 Å². The van der Waals surface area contributed by atoms with Crippen LogP contribution in [0.5, 0.6) is 0 Å². The fraction of sp³-hybridized carbons (Fsp3) is 0.0909. The summed E-state index contributed by atoms with van der Waals surface area (Å²) in [6.45, 7) is 0. The minimum atomic E-state index is -1.04. The lowest BCUT2D eigenvalue weighted by Crippen LogP contribution is -2.20. The highest BCUT2D eigenvalue weighted by Crippen LogP contribution is 2.23. The first kappa shape index (κ1) is 12.0. The summed E-state index contributed by atoms with van der Waals surface area (Å²) >= 11 is 1.32. The Bertz CT molecular complexity index is 591. The first-order chi connectivity index (χ1) is 8.72. The molecule has 0 saturated carbocycles. The van der Waals surface area contributed by atoms with Crippen LogP contribution < -0.4 is 5.32 Å². The molecule has 2 aromatic rings. The average Bonchev–Trinajstić information content (AvgIpc) is 2.89. The van der Waals surface area contributed by atoms with Crippen molar-refractivity contribution in [1.82, 2.24) is 9.97 Å². The number of carboxylic acid groups (broad SMARTS) is 1. The lowest BCUT2D eigenvalue weighted by molar-refractivity contribution is -0.138. The van der Waals surface area contributed by atoms with E-state index in [0.717, 1.165) is 0 Å². The topological polar surface area (TPSA) is 98.9 Å². The van der Waals surface area contributed by atoms with Gasteiger partial charge in [-0.3, -0.25) is 0 Å². The second-order valence-corrected chi connectivity index (χ2v) is 4.28. The maximum absolute atomic E-state index is 11.2. The van der Waals surface area contributed by atoms with Gasteiger partial charge in [-0.15, -0.1) is 11.3 Å². The van der Waals surface area contributed by atoms with Crippen LogP contribution in [0, 0.1) is 11.3 Å². The molecule has 90 valence electrons. The van der Waals surface area contributed by atoms with Crippen molar-refractivity contribution in [3.63, 3.8) is 0 Å². The molecule has 0 aliphatic heterocycles. The molecule has 0 aliphatic carbocycles. The van der Waals surface area contributed by atoms with Crippen molar-refractivity contribution >= 4 is 23.1 Å². The summed E-state index contributed by atoms with van der Waals surface area (Å²) in [6, 6.07) is 4.39. The Morgan fingerprint density at radius 2 is 2.28 bits per heavy atom. The van der Waals surface area contributed by atoms with Crippen molar-refractivity contribution < 1.29 is 9.90 Å². The number of nitrogens with one attached hydrogen (secondary N) is 1. The van der Waals surface area contributed by atoms with Gasteiger partial charge in [0.05, 0.1) is 0 Å². The van der Waals surface area contributed by atoms with Crippen LogP contribution in [0.25, 0.3) is 0 Å². The van der Waals surface area contributed by atoms with Crippen LogP contribution in [0.1, 0.15) is 16.6 Å². The summed E-state index contributed by atoms with van der Waals surface area (Å²) in [6.07, 6.45) is 2.78. The van der Waals surface area contributed by atoms with Crippen molar-refractivity contribution in [3.05, 3.63) is 40.5 Å². The summed E-state index contributed by atoms with van der Waals surface area (Å²) in [5.41, 5.74) is 0.0697. The Labute approximate surface area is 107 Å². The second kappa shape index (κ2) is 5.25. The number of anilines is 1. The normalized spacial score (nSPS) is 11.5. The van der Waals surface area contributed by atoms with Gasteiger partial charge in [-0.25, -0.2) is 14.8 Å². The number of hydrogen-bond acceptors (Lipinski definition) is 6. The molecule has 0 bridgehead atoms. The number of aromatic nitrogens is 2. The van der Waals surface area contributed by atoms with E-state index in [1.165, 1.54) is 23.7 Å². The second-order valence-electron chi connectivity index (χ2n) is 3.30. The third-order valence-corrected chi connectivity index (χ3v) is 3.10. The molecule has 2 heterocycles. The van der Waals surface area contributed by atoms with E-state index in [0.29, 0.717) is 4.88 Å². The number of aliphatic carboxylic acids is 1. The summed E-state index contributed by atoms with van der Waals surface area (Å²) in [5, 5.41) is 22.5. The fourth-order valence-electron chi connectivity index (χ4n) is 1.37. The molecular formula is C11H8N4O2S. The van der Waals surface area contributed by atoms with Crippen molar-refractivity contribution in [2.45, 2.75) is 6.04 Å².